The van der Waals surface area contributed by atoms with E-state index in [1.54, 1.807) is 0 Å². The van der Waals surface area contributed by atoms with Gasteiger partial charge in [-0.3, -0.25) is 0 Å². The maximum atomic E-state index is 3.69. The molecule has 1 aliphatic carbocycles. The number of hydrogen-bond acceptors (Lipinski definition) is 0. The van der Waals surface area contributed by atoms with Crippen LogP contribution in [0.2, 0.25) is 5.04 Å². The Bertz CT molecular complexity index is 58.6. The van der Waals surface area contributed by atoms with Gasteiger partial charge in [0.1, 0.15) is 0 Å². The monoisotopic (exact) mass is 111 g/mol. The minimum atomic E-state index is 0.500. The van der Waals surface area contributed by atoms with E-state index in [0.717, 1.165) is 0 Å². The highest BCUT2D eigenvalue weighted by Gasteiger charge is 2.22. The highest BCUT2D eigenvalue weighted by molar-refractivity contribution is 6.14. The van der Waals surface area contributed by atoms with Crippen molar-refractivity contribution in [3.8, 4) is 0 Å². The molecule has 0 bridgehead atoms. The largest absolute Gasteiger partial charge is 0.0628 e. The summed E-state index contributed by atoms with van der Waals surface area (Å²) in [5, 5.41) is 0.500. The number of rotatable bonds is 0. The predicted molar refractivity (Wildman–Crippen MR) is 32.6 cm³/mol. The molecule has 1 rings (SSSR count). The molecule has 1 aliphatic rings. The molecule has 0 aromatic heterocycles. The van der Waals surface area contributed by atoms with Gasteiger partial charge in [0.25, 0.3) is 0 Å². The molecule has 0 unspecified atom stereocenters. The molecule has 0 heterocycles. The fourth-order valence-electron chi connectivity index (χ4n) is 1.16. The van der Waals surface area contributed by atoms with Crippen molar-refractivity contribution in [1.82, 2.24) is 0 Å². The molecule has 0 nitrogen and oxygen atoms in total. The fraction of sp³-hybridized carbons (Fsp3) is 1.00. The summed E-state index contributed by atoms with van der Waals surface area (Å²) in [5.74, 6) is 0. The first-order valence-electron chi connectivity index (χ1n) is 2.96. The van der Waals surface area contributed by atoms with Gasteiger partial charge in [0.2, 0.25) is 0 Å². The van der Waals surface area contributed by atoms with Gasteiger partial charge in [-0.1, -0.05) is 32.6 Å². The van der Waals surface area contributed by atoms with Gasteiger partial charge in [0.05, 0.1) is 0 Å². The summed E-state index contributed by atoms with van der Waals surface area (Å²) in [6, 6.07) is 0. The summed E-state index contributed by atoms with van der Waals surface area (Å²) < 4.78 is 0. The van der Waals surface area contributed by atoms with Crippen LogP contribution in [0.25, 0.3) is 0 Å². The maximum Gasteiger partial charge on any atom is 0.0309 e. The van der Waals surface area contributed by atoms with Gasteiger partial charge in [-0.25, -0.2) is 0 Å². The molecule has 0 atom stereocenters. The van der Waals surface area contributed by atoms with Crippen molar-refractivity contribution >= 4 is 10.2 Å². The van der Waals surface area contributed by atoms with E-state index in [9.17, 15) is 0 Å². The van der Waals surface area contributed by atoms with E-state index in [-0.39, 0.29) is 0 Å². The minimum absolute atomic E-state index is 0.500. The van der Waals surface area contributed by atoms with E-state index in [1.165, 1.54) is 25.7 Å². The zero-order valence-electron chi connectivity index (χ0n) is 4.83. The molecule has 0 amide bonds. The quantitative estimate of drug-likeness (QED) is 0.419. The third-order valence-electron chi connectivity index (χ3n) is 1.71. The van der Waals surface area contributed by atoms with Crippen LogP contribution in [-0.4, -0.2) is 10.2 Å². The summed E-state index contributed by atoms with van der Waals surface area (Å²) in [4.78, 5) is 0. The van der Waals surface area contributed by atoms with Gasteiger partial charge in [-0.2, -0.15) is 0 Å². The Hall–Kier alpha value is 0.217. The van der Waals surface area contributed by atoms with Crippen LogP contribution in [0.15, 0.2) is 0 Å². The Morgan fingerprint density at radius 3 is 1.86 bits per heavy atom. The third-order valence-corrected chi connectivity index (χ3v) is 2.21. The lowest BCUT2D eigenvalue weighted by molar-refractivity contribution is 0.641. The first kappa shape index (κ1) is 5.36. The molecule has 0 N–H and O–H groups in total. The average molecular weight is 111 g/mol. The van der Waals surface area contributed by atoms with Crippen LogP contribution in [0, 0.1) is 0 Å². The van der Waals surface area contributed by atoms with Crippen LogP contribution < -0.4 is 0 Å². The van der Waals surface area contributed by atoms with Crippen molar-refractivity contribution in [2.45, 2.75) is 37.6 Å². The van der Waals surface area contributed by atoms with Crippen LogP contribution in [0.5, 0.6) is 0 Å². The van der Waals surface area contributed by atoms with Crippen molar-refractivity contribution in [3.05, 3.63) is 0 Å². The maximum absolute atomic E-state index is 3.69. The second-order valence-electron chi connectivity index (χ2n) is 2.77. The summed E-state index contributed by atoms with van der Waals surface area (Å²) in [6.07, 6.45) is 5.56. The van der Waals surface area contributed by atoms with E-state index in [0.29, 0.717) is 5.04 Å². The molecule has 0 aliphatic heterocycles. The molecule has 7 heavy (non-hydrogen) atoms. The summed E-state index contributed by atoms with van der Waals surface area (Å²) in [5.41, 5.74) is 0. The molecule has 0 aromatic carbocycles. The normalized spacial score (nSPS) is 28.3. The van der Waals surface area contributed by atoms with Gasteiger partial charge in [-0.15, -0.1) is 0 Å². The smallest absolute Gasteiger partial charge is 0.0309 e. The molecule has 1 saturated carbocycles. The highest BCUT2D eigenvalue weighted by atomic mass is 28.1. The van der Waals surface area contributed by atoms with Gasteiger partial charge in [0, 0.05) is 10.2 Å². The zero-order valence-corrected chi connectivity index (χ0v) is 5.83. The van der Waals surface area contributed by atoms with Crippen LogP contribution in [0.1, 0.15) is 32.6 Å². The van der Waals surface area contributed by atoms with Gasteiger partial charge < -0.3 is 0 Å². The van der Waals surface area contributed by atoms with Crippen molar-refractivity contribution in [2.75, 3.05) is 0 Å². The van der Waals surface area contributed by atoms with Crippen LogP contribution in [0.4, 0.5) is 0 Å². The average Bonchev–Trinajstić information content (AvgIpc) is 1.84. The first-order valence-corrected chi connectivity index (χ1v) is 3.46. The Kier molecular flexibility index (Phi) is 1.24. The minimum Gasteiger partial charge on any atom is -0.0628 e. The van der Waals surface area contributed by atoms with Crippen molar-refractivity contribution < 1.29 is 0 Å². The number of hydrogen-bond donors (Lipinski definition) is 0. The molecular weight excluding hydrogens is 100 g/mol. The van der Waals surface area contributed by atoms with Crippen LogP contribution >= 0.6 is 0 Å². The molecule has 1 heteroatoms. The zero-order chi connectivity index (χ0) is 5.33. The molecule has 3 radical (unpaired) electrons. The lowest BCUT2D eigenvalue weighted by Gasteiger charge is -2.13. The summed E-state index contributed by atoms with van der Waals surface area (Å²) in [6.45, 7) is 2.27. The molecule has 0 aromatic rings. The predicted octanol–water partition coefficient (Wildman–Crippen LogP) is 1.91. The van der Waals surface area contributed by atoms with E-state index < -0.39 is 0 Å². The van der Waals surface area contributed by atoms with E-state index in [4.69, 9.17) is 0 Å². The van der Waals surface area contributed by atoms with Gasteiger partial charge in [0.15, 0.2) is 0 Å². The summed E-state index contributed by atoms with van der Waals surface area (Å²) in [7, 11) is 3.69. The van der Waals surface area contributed by atoms with E-state index in [1.807, 2.05) is 0 Å². The van der Waals surface area contributed by atoms with Crippen molar-refractivity contribution in [2.24, 2.45) is 0 Å². The highest BCUT2D eigenvalue weighted by Crippen LogP contribution is 2.40. The Morgan fingerprint density at radius 1 is 1.29 bits per heavy atom. The lowest BCUT2D eigenvalue weighted by Crippen LogP contribution is -1.98. The van der Waals surface area contributed by atoms with Gasteiger partial charge >= 0.3 is 0 Å². The van der Waals surface area contributed by atoms with Crippen molar-refractivity contribution in [1.29, 1.82) is 0 Å². The van der Waals surface area contributed by atoms with Crippen molar-refractivity contribution in [3.63, 3.8) is 0 Å². The topological polar surface area (TPSA) is 0 Å². The Labute approximate surface area is 48.7 Å². The molecule has 0 saturated heterocycles. The standard InChI is InChI=1S/C6H11Si/c1-6(7)4-2-3-5-6/h2-5H2,1H3. The Balaban J connectivity index is 2.40. The lowest BCUT2D eigenvalue weighted by atomic mass is 10.1. The van der Waals surface area contributed by atoms with Gasteiger partial charge in [-0.05, 0) is 5.04 Å². The molecule has 0 spiro atoms. The van der Waals surface area contributed by atoms with E-state index >= 15 is 0 Å². The third kappa shape index (κ3) is 1.30. The van der Waals surface area contributed by atoms with Crippen LogP contribution in [0.3, 0.4) is 0 Å². The molecule has 1 fully saturated rings. The second-order valence-corrected chi connectivity index (χ2v) is 3.97. The van der Waals surface area contributed by atoms with Crippen LogP contribution in [-0.2, 0) is 0 Å². The molecular formula is C6H11Si. The van der Waals surface area contributed by atoms with E-state index in [2.05, 4.69) is 17.2 Å². The summed E-state index contributed by atoms with van der Waals surface area (Å²) >= 11 is 0. The second kappa shape index (κ2) is 1.62. The Morgan fingerprint density at radius 2 is 1.71 bits per heavy atom. The SMILES string of the molecule is CC1([Si])CCCC1. The first-order chi connectivity index (χ1) is 3.21. The fourth-order valence-corrected chi connectivity index (χ4v) is 1.51. The molecule has 39 valence electrons.